The lowest BCUT2D eigenvalue weighted by Crippen LogP contribution is -2.10. The Morgan fingerprint density at radius 3 is 1.51 bits per heavy atom. The van der Waals surface area contributed by atoms with Gasteiger partial charge in [0, 0.05) is 56.7 Å². The van der Waals surface area contributed by atoms with Crippen molar-refractivity contribution in [2.24, 2.45) is 0 Å². The van der Waals surface area contributed by atoms with E-state index in [-0.39, 0.29) is 0 Å². The fourth-order valence-corrected chi connectivity index (χ4v) is 7.92. The smallest absolute Gasteiger partial charge is 0.119 e. The lowest BCUT2D eigenvalue weighted by molar-refractivity contribution is 0.415. The van der Waals surface area contributed by atoms with Crippen molar-refractivity contribution >= 4 is 60.7 Å². The van der Waals surface area contributed by atoms with Crippen LogP contribution in [0.5, 0.6) is 5.75 Å². The van der Waals surface area contributed by atoms with E-state index in [1.54, 1.807) is 7.11 Å². The lowest BCUT2D eigenvalue weighted by Gasteiger charge is -2.27. The summed E-state index contributed by atoms with van der Waals surface area (Å²) in [6, 6.07) is 62.8. The molecular formula is C48H34N4O. The molecule has 0 radical (unpaired) electrons. The van der Waals surface area contributed by atoms with Crippen LogP contribution in [0.25, 0.3) is 66.1 Å². The van der Waals surface area contributed by atoms with E-state index >= 15 is 0 Å². The van der Waals surface area contributed by atoms with E-state index in [0.717, 1.165) is 56.3 Å². The summed E-state index contributed by atoms with van der Waals surface area (Å²) in [5.74, 6) is 0.820. The number of aromatic nitrogens is 3. The Labute approximate surface area is 307 Å². The Balaban J connectivity index is 1.16. The van der Waals surface area contributed by atoms with Crippen LogP contribution in [-0.2, 0) is 0 Å². The van der Waals surface area contributed by atoms with Crippen LogP contribution in [-0.4, -0.2) is 21.2 Å². The zero-order valence-electron chi connectivity index (χ0n) is 29.1. The van der Waals surface area contributed by atoms with E-state index in [1.165, 1.54) is 32.6 Å². The van der Waals surface area contributed by atoms with Crippen molar-refractivity contribution in [2.45, 2.75) is 0 Å². The van der Waals surface area contributed by atoms with Crippen molar-refractivity contribution in [3.63, 3.8) is 0 Å². The van der Waals surface area contributed by atoms with Crippen molar-refractivity contribution in [1.82, 2.24) is 14.1 Å². The molecule has 10 aromatic rings. The predicted molar refractivity (Wildman–Crippen MR) is 220 cm³/mol. The zero-order chi connectivity index (χ0) is 35.3. The topological polar surface area (TPSA) is 35.2 Å². The largest absolute Gasteiger partial charge is 0.497 e. The molecule has 0 amide bonds. The third kappa shape index (κ3) is 5.05. The summed E-state index contributed by atoms with van der Waals surface area (Å²) < 4.78 is 10.3. The van der Waals surface area contributed by atoms with Gasteiger partial charge in [-0.25, -0.2) is 0 Å². The predicted octanol–water partition coefficient (Wildman–Crippen LogP) is 12.4. The first kappa shape index (κ1) is 30.7. The van der Waals surface area contributed by atoms with Crippen molar-refractivity contribution in [2.75, 3.05) is 12.0 Å². The van der Waals surface area contributed by atoms with Gasteiger partial charge in [-0.15, -0.1) is 0 Å². The third-order valence-corrected chi connectivity index (χ3v) is 10.3. The van der Waals surface area contributed by atoms with Gasteiger partial charge < -0.3 is 18.8 Å². The third-order valence-electron chi connectivity index (χ3n) is 10.3. The van der Waals surface area contributed by atoms with Crippen molar-refractivity contribution in [3.05, 3.63) is 188 Å². The van der Waals surface area contributed by atoms with E-state index in [2.05, 4.69) is 171 Å². The summed E-state index contributed by atoms with van der Waals surface area (Å²) in [6.07, 6.45) is 3.68. The lowest BCUT2D eigenvalue weighted by atomic mass is 10.1. The quantitative estimate of drug-likeness (QED) is 0.168. The SMILES string of the molecule is COc1ccc(N(c2ccc(-n3c4ccccc4c4ccccc43)cc2)c2cccc3c2c2ccccc2n3-c2ccc(-c3ccncc3)cc2)cc1. The molecule has 0 unspecified atom stereocenters. The van der Waals surface area contributed by atoms with Crippen LogP contribution in [0.2, 0.25) is 0 Å². The van der Waals surface area contributed by atoms with Gasteiger partial charge in [-0.1, -0.05) is 72.8 Å². The molecule has 0 saturated carbocycles. The number of hydrogen-bond acceptors (Lipinski definition) is 3. The fraction of sp³-hybridized carbons (Fsp3) is 0.0208. The molecule has 5 heteroatoms. The Bertz CT molecular complexity index is 2850. The summed E-state index contributed by atoms with van der Waals surface area (Å²) in [5, 5.41) is 4.88. The highest BCUT2D eigenvalue weighted by atomic mass is 16.5. The highest BCUT2D eigenvalue weighted by Gasteiger charge is 2.21. The molecule has 0 atom stereocenters. The van der Waals surface area contributed by atoms with Crippen LogP contribution in [0, 0.1) is 0 Å². The summed E-state index contributed by atoms with van der Waals surface area (Å²) in [4.78, 5) is 6.56. The van der Waals surface area contributed by atoms with E-state index in [4.69, 9.17) is 4.74 Å². The van der Waals surface area contributed by atoms with E-state index in [0.29, 0.717) is 0 Å². The first-order valence-corrected chi connectivity index (χ1v) is 17.8. The second-order valence-electron chi connectivity index (χ2n) is 13.2. The van der Waals surface area contributed by atoms with Gasteiger partial charge in [0.15, 0.2) is 0 Å². The summed E-state index contributed by atoms with van der Waals surface area (Å²) in [7, 11) is 1.71. The highest BCUT2D eigenvalue weighted by Crippen LogP contribution is 2.44. The average molecular weight is 683 g/mol. The first-order chi connectivity index (χ1) is 26.3. The molecule has 0 aliphatic heterocycles. The van der Waals surface area contributed by atoms with E-state index in [1.807, 2.05) is 36.7 Å². The first-order valence-electron chi connectivity index (χ1n) is 17.8. The van der Waals surface area contributed by atoms with Gasteiger partial charge in [-0.2, -0.15) is 0 Å². The van der Waals surface area contributed by atoms with Gasteiger partial charge in [-0.05, 0) is 114 Å². The molecular weight excluding hydrogens is 649 g/mol. The van der Waals surface area contributed by atoms with Crippen LogP contribution >= 0.6 is 0 Å². The van der Waals surface area contributed by atoms with Crippen LogP contribution in [0.1, 0.15) is 0 Å². The zero-order valence-corrected chi connectivity index (χ0v) is 29.1. The van der Waals surface area contributed by atoms with E-state index < -0.39 is 0 Å². The summed E-state index contributed by atoms with van der Waals surface area (Å²) in [5.41, 5.74) is 12.4. The minimum Gasteiger partial charge on any atom is -0.497 e. The fourth-order valence-electron chi connectivity index (χ4n) is 7.92. The molecule has 0 aliphatic carbocycles. The van der Waals surface area contributed by atoms with Crippen LogP contribution in [0.15, 0.2) is 188 Å². The maximum atomic E-state index is 5.58. The van der Waals surface area contributed by atoms with Crippen LogP contribution in [0.3, 0.4) is 0 Å². The van der Waals surface area contributed by atoms with Gasteiger partial charge in [-0.3, -0.25) is 4.98 Å². The molecule has 0 aliphatic rings. The molecule has 0 fully saturated rings. The summed E-state index contributed by atoms with van der Waals surface area (Å²) >= 11 is 0. The van der Waals surface area contributed by atoms with Crippen LogP contribution < -0.4 is 9.64 Å². The highest BCUT2D eigenvalue weighted by molar-refractivity contribution is 6.16. The van der Waals surface area contributed by atoms with E-state index in [9.17, 15) is 0 Å². The Hall–Kier alpha value is -7.11. The summed E-state index contributed by atoms with van der Waals surface area (Å²) in [6.45, 7) is 0. The van der Waals surface area contributed by atoms with Gasteiger partial charge in [0.2, 0.25) is 0 Å². The number of pyridine rings is 1. The number of hydrogen-bond donors (Lipinski definition) is 0. The molecule has 0 spiro atoms. The van der Waals surface area contributed by atoms with Gasteiger partial charge in [0.05, 0.1) is 34.9 Å². The molecule has 5 nitrogen and oxygen atoms in total. The molecule has 0 saturated heterocycles. The number of ether oxygens (including phenoxy) is 1. The number of benzene rings is 7. The molecule has 10 rings (SSSR count). The number of para-hydroxylation sites is 3. The van der Waals surface area contributed by atoms with Crippen molar-refractivity contribution < 1.29 is 4.74 Å². The maximum Gasteiger partial charge on any atom is 0.119 e. The Morgan fingerprint density at radius 2 is 0.906 bits per heavy atom. The minimum atomic E-state index is 0.820. The van der Waals surface area contributed by atoms with Gasteiger partial charge in [0.25, 0.3) is 0 Å². The number of methoxy groups -OCH3 is 1. The van der Waals surface area contributed by atoms with Crippen LogP contribution in [0.4, 0.5) is 17.1 Å². The second-order valence-corrected chi connectivity index (χ2v) is 13.2. The standard InChI is InChI=1S/C48H34N4O/c1-53-39-27-25-36(26-28-39)50(35-21-23-38(24-22-35)51-43-12-5-2-9-40(43)41-10-3-6-13-44(41)51)46-15-8-16-47-48(46)42-11-4-7-14-45(42)52(47)37-19-17-33(18-20-37)34-29-31-49-32-30-34/h2-32H,1H3. The molecule has 0 bridgehead atoms. The number of anilines is 3. The molecule has 3 heterocycles. The Morgan fingerprint density at radius 1 is 0.434 bits per heavy atom. The molecule has 252 valence electrons. The minimum absolute atomic E-state index is 0.820. The number of fused-ring (bicyclic) bond motifs is 6. The second kappa shape index (κ2) is 12.6. The monoisotopic (exact) mass is 682 g/mol. The van der Waals surface area contributed by atoms with Gasteiger partial charge >= 0.3 is 0 Å². The van der Waals surface area contributed by atoms with Gasteiger partial charge in [0.1, 0.15) is 5.75 Å². The number of nitrogens with zero attached hydrogens (tertiary/aromatic N) is 4. The molecule has 53 heavy (non-hydrogen) atoms. The Kier molecular flexibility index (Phi) is 7.29. The van der Waals surface area contributed by atoms with Crippen molar-refractivity contribution in [1.29, 1.82) is 0 Å². The molecule has 0 N–H and O–H groups in total. The molecule has 7 aromatic carbocycles. The molecule has 3 aromatic heterocycles. The average Bonchev–Trinajstić information content (AvgIpc) is 3.75. The number of rotatable bonds is 7. The normalized spacial score (nSPS) is 11.5. The van der Waals surface area contributed by atoms with Crippen molar-refractivity contribution in [3.8, 4) is 28.3 Å². The maximum absolute atomic E-state index is 5.58.